The van der Waals surface area contributed by atoms with Gasteiger partial charge in [-0.1, -0.05) is 145 Å². The molecule has 0 N–H and O–H groups in total. The molecule has 320 valence electrons. The molecule has 0 radical (unpaired) electrons. The van der Waals surface area contributed by atoms with Gasteiger partial charge in [-0.25, -0.2) is 4.98 Å². The van der Waals surface area contributed by atoms with E-state index in [1.807, 2.05) is 6.20 Å². The molecule has 0 saturated carbocycles. The monoisotopic (exact) mass is 823 g/mol. The van der Waals surface area contributed by atoms with E-state index >= 15 is 0 Å². The van der Waals surface area contributed by atoms with Crippen LogP contribution in [0.5, 0.6) is 11.5 Å². The molecule has 1 aliphatic rings. The molecule has 0 unspecified atom stereocenters. The van der Waals surface area contributed by atoms with Crippen molar-refractivity contribution < 1.29 is 4.74 Å². The number of ether oxygens (including phenoxy) is 1. The number of hydrogen-bond acceptors (Lipinski definition) is 4. The molecule has 5 aromatic carbocycles. The van der Waals surface area contributed by atoms with E-state index in [9.17, 15) is 0 Å². The first-order chi connectivity index (χ1) is 29.0. The summed E-state index contributed by atoms with van der Waals surface area (Å²) in [5.41, 5.74) is 11.8. The fourth-order valence-corrected chi connectivity index (χ4v) is 8.71. The summed E-state index contributed by atoms with van der Waals surface area (Å²) in [6.07, 6.45) is 4.28. The molecule has 0 amide bonds. The minimum Gasteiger partial charge on any atom is -0.457 e. The zero-order valence-electron chi connectivity index (χ0n) is 39.6. The predicted octanol–water partition coefficient (Wildman–Crippen LogP) is 15.4. The fraction of sp³-hybridized carbons (Fsp3) is 0.351. The van der Waals surface area contributed by atoms with E-state index in [-0.39, 0.29) is 27.1 Å². The average molecular weight is 823 g/mol. The number of hydrogen-bond donors (Lipinski definition) is 0. The first-order valence-electron chi connectivity index (χ1n) is 22.3. The predicted molar refractivity (Wildman–Crippen MR) is 264 cm³/mol. The largest absolute Gasteiger partial charge is 0.457 e. The van der Waals surface area contributed by atoms with Crippen molar-refractivity contribution in [1.29, 1.82) is 0 Å². The Labute approximate surface area is 371 Å². The van der Waals surface area contributed by atoms with Gasteiger partial charge < -0.3 is 14.5 Å². The number of nitrogens with zero attached hydrogens (tertiary/aromatic N) is 4. The zero-order valence-corrected chi connectivity index (χ0v) is 39.6. The molecule has 7 aromatic rings. The molecule has 62 heavy (non-hydrogen) atoms. The quantitative estimate of drug-likeness (QED) is 0.160. The Bertz CT molecular complexity index is 2810. The normalized spacial score (nSPS) is 14.3. The molecule has 2 aromatic heterocycles. The van der Waals surface area contributed by atoms with Crippen LogP contribution in [0.1, 0.15) is 125 Å². The number of benzene rings is 5. The smallest absolute Gasteiger partial charge is 0.137 e. The summed E-state index contributed by atoms with van der Waals surface area (Å²) in [6, 6.07) is 44.5. The lowest BCUT2D eigenvalue weighted by Gasteiger charge is -2.32. The van der Waals surface area contributed by atoms with Crippen LogP contribution >= 0.6 is 0 Å². The lowest BCUT2D eigenvalue weighted by Crippen LogP contribution is -2.31. The summed E-state index contributed by atoms with van der Waals surface area (Å²) in [6.45, 7) is 32.7. The second-order valence-corrected chi connectivity index (χ2v) is 22.1. The summed E-state index contributed by atoms with van der Waals surface area (Å²) in [5, 5.41) is 2.36. The minimum absolute atomic E-state index is 0.0287. The van der Waals surface area contributed by atoms with Crippen LogP contribution in [0.15, 0.2) is 139 Å². The minimum atomic E-state index is -0.182. The van der Waals surface area contributed by atoms with Crippen LogP contribution in [0.3, 0.4) is 0 Å². The van der Waals surface area contributed by atoms with Gasteiger partial charge in [0.1, 0.15) is 17.3 Å². The van der Waals surface area contributed by atoms with Gasteiger partial charge in [-0.15, -0.1) is 0 Å². The van der Waals surface area contributed by atoms with E-state index in [1.54, 1.807) is 0 Å². The number of rotatable bonds is 7. The highest BCUT2D eigenvalue weighted by atomic mass is 16.5. The van der Waals surface area contributed by atoms with E-state index in [2.05, 4.69) is 239 Å². The highest BCUT2D eigenvalue weighted by molar-refractivity contribution is 6.10. The van der Waals surface area contributed by atoms with Crippen molar-refractivity contribution >= 4 is 33.2 Å². The number of allylic oxidation sites excluding steroid dienone is 1. The fourth-order valence-electron chi connectivity index (χ4n) is 8.71. The highest BCUT2D eigenvalue weighted by Gasteiger charge is 2.33. The van der Waals surface area contributed by atoms with E-state index in [4.69, 9.17) is 9.72 Å². The molecule has 8 rings (SSSR count). The molecule has 5 heteroatoms. The number of aromatic nitrogens is 2. The van der Waals surface area contributed by atoms with E-state index in [0.717, 1.165) is 39.4 Å². The molecule has 3 heterocycles. The molecule has 0 saturated heterocycles. The second-order valence-electron chi connectivity index (χ2n) is 22.1. The maximum absolute atomic E-state index is 6.99. The van der Waals surface area contributed by atoms with E-state index < -0.39 is 0 Å². The molecule has 0 spiro atoms. The Balaban J connectivity index is 1.23. The van der Waals surface area contributed by atoms with Crippen molar-refractivity contribution in [2.24, 2.45) is 5.41 Å². The van der Waals surface area contributed by atoms with Gasteiger partial charge in [0.05, 0.1) is 17.7 Å². The van der Waals surface area contributed by atoms with E-state index in [1.165, 1.54) is 44.6 Å². The summed E-state index contributed by atoms with van der Waals surface area (Å²) >= 11 is 0. The molecule has 0 aliphatic carbocycles. The molecule has 0 fully saturated rings. The van der Waals surface area contributed by atoms with Gasteiger partial charge in [0.2, 0.25) is 0 Å². The highest BCUT2D eigenvalue weighted by Crippen LogP contribution is 2.43. The topological polar surface area (TPSA) is 33.5 Å². The van der Waals surface area contributed by atoms with Crippen LogP contribution in [0.4, 0.5) is 11.4 Å². The van der Waals surface area contributed by atoms with Gasteiger partial charge in [0.25, 0.3) is 0 Å². The molecular formula is C57H66N4O. The maximum Gasteiger partial charge on any atom is 0.137 e. The van der Waals surface area contributed by atoms with Crippen LogP contribution in [-0.2, 0) is 21.7 Å². The molecular weight excluding hydrogens is 757 g/mol. The standard InChI is InChI=1S/C57H66N4O/c1-53(2,3)39-21-18-22-43(29-39)60-37-59(36-51(60)56(10,11)12)44-30-42(55(7,8)9)31-46(34-44)62-45-24-25-47-48-32-41(57(13,14)38-19-16-15-17-20-38)23-26-49(48)61(50(47)35-45)52-33-40(27-28-58-52)54(4,5)6/h15-36H,37H2,1-14H3. The Morgan fingerprint density at radius 3 is 1.81 bits per heavy atom. The SMILES string of the molecule is CC(C)(C)C1=CN(c2cc(Oc3ccc4c5cc(C(C)(C)c6ccccc6)ccc5n(-c5cc(C(C)(C)C)ccn5)c4c3)cc(C(C)(C)C)c2)CN1c1cccc(C(C)(C)C)c1. The second kappa shape index (κ2) is 15.2. The van der Waals surface area contributed by atoms with E-state index in [0.29, 0.717) is 6.67 Å². The first kappa shape index (κ1) is 42.9. The lowest BCUT2D eigenvalue weighted by atomic mass is 9.78. The number of pyridine rings is 1. The van der Waals surface area contributed by atoms with Crippen LogP contribution in [0, 0.1) is 5.41 Å². The maximum atomic E-state index is 6.99. The van der Waals surface area contributed by atoms with Crippen molar-refractivity contribution in [3.8, 4) is 17.3 Å². The summed E-state index contributed by atoms with van der Waals surface area (Å²) < 4.78 is 9.30. The average Bonchev–Trinajstić information content (AvgIpc) is 3.81. The van der Waals surface area contributed by atoms with Crippen molar-refractivity contribution in [3.05, 3.63) is 167 Å². The van der Waals surface area contributed by atoms with Crippen molar-refractivity contribution in [2.45, 2.75) is 119 Å². The third-order valence-corrected chi connectivity index (χ3v) is 12.8. The van der Waals surface area contributed by atoms with Crippen molar-refractivity contribution in [3.63, 3.8) is 0 Å². The zero-order chi connectivity index (χ0) is 44.6. The van der Waals surface area contributed by atoms with Gasteiger partial charge in [0.15, 0.2) is 0 Å². The third-order valence-electron chi connectivity index (χ3n) is 12.8. The Morgan fingerprint density at radius 1 is 0.468 bits per heavy atom. The van der Waals surface area contributed by atoms with Crippen LogP contribution in [0.25, 0.3) is 27.6 Å². The van der Waals surface area contributed by atoms with Gasteiger partial charge in [-0.3, -0.25) is 4.57 Å². The Morgan fingerprint density at radius 2 is 1.13 bits per heavy atom. The van der Waals surface area contributed by atoms with Crippen molar-refractivity contribution in [1.82, 2.24) is 9.55 Å². The Hall–Kier alpha value is -5.81. The lowest BCUT2D eigenvalue weighted by molar-refractivity contribution is 0.479. The molecule has 0 bridgehead atoms. The van der Waals surface area contributed by atoms with Gasteiger partial charge in [-0.05, 0) is 105 Å². The molecule has 5 nitrogen and oxygen atoms in total. The summed E-state index contributed by atoms with van der Waals surface area (Å²) in [5.74, 6) is 2.49. The summed E-state index contributed by atoms with van der Waals surface area (Å²) in [7, 11) is 0. The van der Waals surface area contributed by atoms with Crippen molar-refractivity contribution in [2.75, 3.05) is 16.5 Å². The first-order valence-corrected chi connectivity index (χ1v) is 22.3. The van der Waals surface area contributed by atoms with Crippen LogP contribution in [0.2, 0.25) is 0 Å². The van der Waals surface area contributed by atoms with Crippen LogP contribution < -0.4 is 14.5 Å². The van der Waals surface area contributed by atoms with Gasteiger partial charge in [-0.2, -0.15) is 0 Å². The van der Waals surface area contributed by atoms with Crippen LogP contribution in [-0.4, -0.2) is 16.2 Å². The molecule has 1 aliphatic heterocycles. The van der Waals surface area contributed by atoms with Gasteiger partial charge >= 0.3 is 0 Å². The third kappa shape index (κ3) is 8.27. The van der Waals surface area contributed by atoms with Gasteiger partial charge in [0, 0.05) is 63.2 Å². The number of fused-ring (bicyclic) bond motifs is 3. The molecule has 0 atom stereocenters. The summed E-state index contributed by atoms with van der Waals surface area (Å²) in [4.78, 5) is 9.86. The number of anilines is 2. The Kier molecular flexibility index (Phi) is 10.5.